The van der Waals surface area contributed by atoms with Crippen LogP contribution in [0.1, 0.15) is 25.8 Å². The summed E-state index contributed by atoms with van der Waals surface area (Å²) >= 11 is 6.27. The standard InChI is InChI=1S/C11H8O2S2.C2H6/c12-8-4-2-1-3-7(8)5-10-9(13)6-11(14)15-10;1-2/h1-5,12H,6H2;1-2H3. The van der Waals surface area contributed by atoms with E-state index in [4.69, 9.17) is 12.2 Å². The van der Waals surface area contributed by atoms with E-state index in [0.717, 1.165) is 0 Å². The van der Waals surface area contributed by atoms with Crippen LogP contribution in [0, 0.1) is 0 Å². The predicted molar refractivity (Wildman–Crippen MR) is 77.2 cm³/mol. The zero-order valence-electron chi connectivity index (χ0n) is 9.77. The number of thiocarbonyl (C=S) groups is 1. The van der Waals surface area contributed by atoms with Gasteiger partial charge < -0.3 is 5.11 Å². The zero-order valence-corrected chi connectivity index (χ0v) is 11.4. The SMILES string of the molecule is CC.O=C1CC(=S)SC1=Cc1ccccc1O. The summed E-state index contributed by atoms with van der Waals surface area (Å²) in [6.45, 7) is 4.00. The van der Waals surface area contributed by atoms with Crippen LogP contribution in [0.5, 0.6) is 5.75 Å². The van der Waals surface area contributed by atoms with Crippen molar-refractivity contribution >= 4 is 40.0 Å². The van der Waals surface area contributed by atoms with E-state index in [-0.39, 0.29) is 11.5 Å². The van der Waals surface area contributed by atoms with Gasteiger partial charge in [0.15, 0.2) is 5.78 Å². The molecule has 0 unspecified atom stereocenters. The number of phenols is 1. The second-order valence-electron chi connectivity index (χ2n) is 3.14. The Hall–Kier alpha value is -1.13. The molecule has 0 radical (unpaired) electrons. The second-order valence-corrected chi connectivity index (χ2v) is 5.03. The minimum absolute atomic E-state index is 0.0354. The number of Topliss-reactive ketones (excluding diaryl/α,β-unsaturated/α-hetero) is 1. The van der Waals surface area contributed by atoms with Crippen LogP contribution in [0.2, 0.25) is 0 Å². The van der Waals surface area contributed by atoms with Gasteiger partial charge in [0.2, 0.25) is 0 Å². The highest BCUT2D eigenvalue weighted by Gasteiger charge is 2.22. The van der Waals surface area contributed by atoms with Crippen LogP contribution >= 0.6 is 24.0 Å². The molecular weight excluding hydrogens is 252 g/mol. The molecule has 0 atom stereocenters. The molecule has 1 aromatic rings. The minimum Gasteiger partial charge on any atom is -0.507 e. The first-order valence-electron chi connectivity index (χ1n) is 5.40. The van der Waals surface area contributed by atoms with Crippen molar-refractivity contribution in [2.75, 3.05) is 0 Å². The van der Waals surface area contributed by atoms with Gasteiger partial charge in [-0.05, 0) is 12.1 Å². The number of hydrogen-bond donors (Lipinski definition) is 1. The smallest absolute Gasteiger partial charge is 0.175 e. The van der Waals surface area contributed by atoms with Crippen LogP contribution in [-0.4, -0.2) is 15.1 Å². The first-order chi connectivity index (χ1) is 8.16. The van der Waals surface area contributed by atoms with Crippen LogP contribution in [-0.2, 0) is 4.79 Å². The van der Waals surface area contributed by atoms with Crippen molar-refractivity contribution in [2.24, 2.45) is 0 Å². The first kappa shape index (κ1) is 13.9. The number of allylic oxidation sites excluding steroid dienone is 1. The monoisotopic (exact) mass is 266 g/mol. The Bertz CT molecular complexity index is 464. The average molecular weight is 266 g/mol. The van der Waals surface area contributed by atoms with Crippen LogP contribution < -0.4 is 0 Å². The molecule has 2 rings (SSSR count). The van der Waals surface area contributed by atoms with Crippen molar-refractivity contribution in [3.05, 3.63) is 34.7 Å². The second kappa shape index (κ2) is 6.57. The minimum atomic E-state index is 0.0354. The van der Waals surface area contributed by atoms with Gasteiger partial charge in [-0.2, -0.15) is 0 Å². The molecule has 1 saturated heterocycles. The number of benzene rings is 1. The van der Waals surface area contributed by atoms with Gasteiger partial charge in [0, 0.05) is 5.56 Å². The first-order valence-corrected chi connectivity index (χ1v) is 6.63. The Balaban J connectivity index is 0.000000686. The Kier molecular flexibility index (Phi) is 5.38. The van der Waals surface area contributed by atoms with Crippen molar-refractivity contribution in [1.82, 2.24) is 0 Å². The van der Waals surface area contributed by atoms with E-state index < -0.39 is 0 Å². The summed E-state index contributed by atoms with van der Waals surface area (Å²) in [5.74, 6) is 0.212. The van der Waals surface area contributed by atoms with Gasteiger partial charge in [0.05, 0.1) is 15.5 Å². The molecular formula is C13H14O2S2. The van der Waals surface area contributed by atoms with Crippen molar-refractivity contribution in [3.63, 3.8) is 0 Å². The molecule has 1 fully saturated rings. The average Bonchev–Trinajstić information content (AvgIpc) is 2.63. The van der Waals surface area contributed by atoms with Crippen LogP contribution in [0.4, 0.5) is 0 Å². The molecule has 0 bridgehead atoms. The highest BCUT2D eigenvalue weighted by Crippen LogP contribution is 2.33. The van der Waals surface area contributed by atoms with E-state index in [1.165, 1.54) is 11.8 Å². The van der Waals surface area contributed by atoms with Crippen molar-refractivity contribution in [2.45, 2.75) is 20.3 Å². The summed E-state index contributed by atoms with van der Waals surface area (Å²) in [5, 5.41) is 9.53. The Morgan fingerprint density at radius 3 is 2.53 bits per heavy atom. The van der Waals surface area contributed by atoms with E-state index in [9.17, 15) is 9.90 Å². The Labute approximate surface area is 111 Å². The molecule has 4 heteroatoms. The number of carbonyl (C=O) groups is 1. The predicted octanol–water partition coefficient (Wildman–Crippen LogP) is 3.79. The van der Waals surface area contributed by atoms with E-state index in [2.05, 4.69) is 0 Å². The zero-order chi connectivity index (χ0) is 12.8. The molecule has 0 aromatic heterocycles. The van der Waals surface area contributed by atoms with Crippen LogP contribution in [0.25, 0.3) is 6.08 Å². The summed E-state index contributed by atoms with van der Waals surface area (Å²) in [6, 6.07) is 6.91. The maximum atomic E-state index is 11.4. The van der Waals surface area contributed by atoms with Gasteiger partial charge in [0.25, 0.3) is 0 Å². The molecule has 1 aliphatic rings. The summed E-state index contributed by atoms with van der Waals surface area (Å²) in [5.41, 5.74) is 0.651. The maximum Gasteiger partial charge on any atom is 0.175 e. The van der Waals surface area contributed by atoms with E-state index >= 15 is 0 Å². The third kappa shape index (κ3) is 3.68. The fourth-order valence-corrected chi connectivity index (χ4v) is 2.52. The summed E-state index contributed by atoms with van der Waals surface area (Å²) in [7, 11) is 0. The number of phenolic OH excluding ortho intramolecular Hbond substituents is 1. The van der Waals surface area contributed by atoms with Crippen molar-refractivity contribution in [3.8, 4) is 5.75 Å². The number of para-hydroxylation sites is 1. The van der Waals surface area contributed by atoms with Crippen molar-refractivity contribution in [1.29, 1.82) is 0 Å². The van der Waals surface area contributed by atoms with E-state index in [0.29, 0.717) is 21.1 Å². The molecule has 0 aliphatic carbocycles. The third-order valence-electron chi connectivity index (χ3n) is 2.03. The molecule has 0 saturated carbocycles. The van der Waals surface area contributed by atoms with Gasteiger partial charge in [-0.1, -0.05) is 56.0 Å². The largest absolute Gasteiger partial charge is 0.507 e. The lowest BCUT2D eigenvalue weighted by molar-refractivity contribution is -0.113. The van der Waals surface area contributed by atoms with Crippen molar-refractivity contribution < 1.29 is 9.90 Å². The Morgan fingerprint density at radius 2 is 2.00 bits per heavy atom. The van der Waals surface area contributed by atoms with Crippen LogP contribution in [0.15, 0.2) is 29.2 Å². The number of carbonyl (C=O) groups excluding carboxylic acids is 1. The molecule has 1 N–H and O–H groups in total. The number of ketones is 1. The van der Waals surface area contributed by atoms with Gasteiger partial charge in [-0.15, -0.1) is 0 Å². The van der Waals surface area contributed by atoms with E-state index in [1.54, 1.807) is 24.3 Å². The molecule has 1 heterocycles. The topological polar surface area (TPSA) is 37.3 Å². The fraction of sp³-hybridized carbons (Fsp3) is 0.231. The Morgan fingerprint density at radius 1 is 1.35 bits per heavy atom. The molecule has 17 heavy (non-hydrogen) atoms. The lowest BCUT2D eigenvalue weighted by atomic mass is 10.1. The molecule has 0 amide bonds. The highest BCUT2D eigenvalue weighted by atomic mass is 32.2. The van der Waals surface area contributed by atoms with E-state index in [1.807, 2.05) is 19.9 Å². The highest BCUT2D eigenvalue weighted by molar-refractivity contribution is 8.27. The molecule has 1 aliphatic heterocycles. The van der Waals surface area contributed by atoms with Gasteiger partial charge in [-0.3, -0.25) is 4.79 Å². The van der Waals surface area contributed by atoms with Gasteiger partial charge in [0.1, 0.15) is 5.75 Å². The van der Waals surface area contributed by atoms with Crippen LogP contribution in [0.3, 0.4) is 0 Å². The number of thioether (sulfide) groups is 1. The molecule has 90 valence electrons. The normalized spacial score (nSPS) is 16.9. The summed E-state index contributed by atoms with van der Waals surface area (Å²) in [6.07, 6.45) is 2.01. The van der Waals surface area contributed by atoms with Gasteiger partial charge in [-0.25, -0.2) is 0 Å². The number of rotatable bonds is 1. The third-order valence-corrected chi connectivity index (χ3v) is 3.36. The van der Waals surface area contributed by atoms with Gasteiger partial charge >= 0.3 is 0 Å². The lowest BCUT2D eigenvalue weighted by Gasteiger charge is -1.98. The molecule has 2 nitrogen and oxygen atoms in total. The fourth-order valence-electron chi connectivity index (χ4n) is 1.29. The number of aromatic hydroxyl groups is 1. The quantitative estimate of drug-likeness (QED) is 0.620. The summed E-state index contributed by atoms with van der Waals surface area (Å²) < 4.78 is 0.696. The number of hydrogen-bond acceptors (Lipinski definition) is 4. The molecule has 1 aromatic carbocycles. The summed E-state index contributed by atoms with van der Waals surface area (Å²) in [4.78, 5) is 12.1. The maximum absolute atomic E-state index is 11.4. The lowest BCUT2D eigenvalue weighted by Crippen LogP contribution is -1.91. The molecule has 0 spiro atoms.